The van der Waals surface area contributed by atoms with Crippen molar-refractivity contribution in [3.8, 4) is 0 Å². The molecule has 0 amide bonds. The van der Waals surface area contributed by atoms with E-state index in [1.165, 1.54) is 24.3 Å². The van der Waals surface area contributed by atoms with Crippen molar-refractivity contribution in [2.45, 2.75) is 13.1 Å². The Morgan fingerprint density at radius 1 is 1.00 bits per heavy atom. The number of allylic oxidation sites excluding steroid dienone is 1. The normalized spacial score (nSPS) is 12.1. The molecule has 2 aromatic rings. The average Bonchev–Trinajstić information content (AvgIpc) is 2.66. The minimum absolute atomic E-state index is 0.0726. The lowest BCUT2D eigenvalue weighted by Gasteiger charge is -2.15. The summed E-state index contributed by atoms with van der Waals surface area (Å²) in [7, 11) is 0. The number of carbonyl (C=O) groups is 2. The van der Waals surface area contributed by atoms with E-state index in [9.17, 15) is 32.9 Å². The molecule has 0 saturated carbocycles. The summed E-state index contributed by atoms with van der Waals surface area (Å²) >= 11 is 0. The molecule has 0 spiro atoms. The van der Waals surface area contributed by atoms with E-state index in [1.807, 2.05) is 0 Å². The third-order valence-corrected chi connectivity index (χ3v) is 3.83. The number of Topliss-reactive ketones (excluding diaryl/α,β-unsaturated/α-hetero) is 1. The second kappa shape index (κ2) is 8.47. The summed E-state index contributed by atoms with van der Waals surface area (Å²) in [5.41, 5.74) is -2.23. The molecule has 0 atom stereocenters. The van der Waals surface area contributed by atoms with E-state index in [0.29, 0.717) is 0 Å². The van der Waals surface area contributed by atoms with Crippen LogP contribution in [0.15, 0.2) is 65.7 Å². The molecule has 0 radical (unpaired) electrons. The number of ether oxygens (including phenoxy) is 1. The van der Waals surface area contributed by atoms with Gasteiger partial charge >= 0.3 is 12.1 Å². The van der Waals surface area contributed by atoms with Gasteiger partial charge < -0.3 is 4.74 Å². The number of hydrogen-bond donors (Lipinski definition) is 0. The highest BCUT2D eigenvalue weighted by atomic mass is 19.4. The van der Waals surface area contributed by atoms with Crippen LogP contribution in [0.25, 0.3) is 0 Å². The monoisotopic (exact) mass is 393 g/mol. The maximum Gasteiger partial charge on any atom is 0.416 e. The molecule has 0 unspecified atom stereocenters. The fraction of sp³-hybridized carbons (Fsp3) is 0.158. The van der Waals surface area contributed by atoms with Crippen LogP contribution in [-0.2, 0) is 4.74 Å². The first-order valence-electron chi connectivity index (χ1n) is 7.89. The predicted octanol–water partition coefficient (Wildman–Crippen LogP) is 4.51. The van der Waals surface area contributed by atoms with Crippen LogP contribution in [0.4, 0.5) is 18.9 Å². The standard InChI is InChI=1S/C19H14F3NO5/c1-12(17(24)13-5-3-2-4-6-13)16(19(20,21)22)11-28-18(25)14-7-9-15(10-8-14)23(26)27/h2-10H,11H2,1H3/b16-12-. The number of alkyl halides is 3. The van der Waals surface area contributed by atoms with Crippen LogP contribution >= 0.6 is 0 Å². The van der Waals surface area contributed by atoms with Gasteiger partial charge in [0.15, 0.2) is 5.78 Å². The largest absolute Gasteiger partial charge is 0.457 e. The summed E-state index contributed by atoms with van der Waals surface area (Å²) in [6.45, 7) is -0.151. The molecule has 0 heterocycles. The van der Waals surface area contributed by atoms with Gasteiger partial charge in [-0.15, -0.1) is 0 Å². The summed E-state index contributed by atoms with van der Waals surface area (Å²) in [5, 5.41) is 10.6. The first-order valence-corrected chi connectivity index (χ1v) is 7.89. The Labute approximate surface area is 157 Å². The van der Waals surface area contributed by atoms with E-state index in [0.717, 1.165) is 31.2 Å². The highest BCUT2D eigenvalue weighted by Gasteiger charge is 2.37. The number of ketones is 1. The number of hydrogen-bond acceptors (Lipinski definition) is 5. The Morgan fingerprint density at radius 2 is 1.57 bits per heavy atom. The van der Waals surface area contributed by atoms with E-state index in [-0.39, 0.29) is 16.8 Å². The first-order chi connectivity index (χ1) is 13.1. The van der Waals surface area contributed by atoms with E-state index in [2.05, 4.69) is 4.74 Å². The van der Waals surface area contributed by atoms with Crippen LogP contribution in [0.1, 0.15) is 27.6 Å². The van der Waals surface area contributed by atoms with Gasteiger partial charge in [0.1, 0.15) is 6.61 Å². The fourth-order valence-corrected chi connectivity index (χ4v) is 2.29. The van der Waals surface area contributed by atoms with Crippen molar-refractivity contribution in [1.82, 2.24) is 0 Å². The molecule has 0 fully saturated rings. The number of esters is 1. The molecule has 0 aliphatic carbocycles. The second-order valence-corrected chi connectivity index (χ2v) is 5.68. The number of halogens is 3. The van der Waals surface area contributed by atoms with Crippen molar-refractivity contribution in [2.24, 2.45) is 0 Å². The van der Waals surface area contributed by atoms with E-state index < -0.39 is 40.6 Å². The number of nitro benzene ring substituents is 1. The number of nitro groups is 1. The van der Waals surface area contributed by atoms with Crippen molar-refractivity contribution in [1.29, 1.82) is 0 Å². The lowest BCUT2D eigenvalue weighted by Crippen LogP contribution is -2.23. The molecular formula is C19H14F3NO5. The summed E-state index contributed by atoms with van der Waals surface area (Å²) in [5.74, 6) is -1.93. The molecular weight excluding hydrogens is 379 g/mol. The minimum atomic E-state index is -4.88. The van der Waals surface area contributed by atoms with Crippen molar-refractivity contribution in [3.05, 3.63) is 87.0 Å². The highest BCUT2D eigenvalue weighted by Crippen LogP contribution is 2.30. The van der Waals surface area contributed by atoms with E-state index >= 15 is 0 Å². The lowest BCUT2D eigenvalue weighted by atomic mass is 10.00. The third kappa shape index (κ3) is 5.03. The maximum atomic E-state index is 13.4. The maximum absolute atomic E-state index is 13.4. The van der Waals surface area contributed by atoms with Gasteiger partial charge in [0.05, 0.1) is 16.1 Å². The zero-order valence-corrected chi connectivity index (χ0v) is 14.5. The zero-order chi connectivity index (χ0) is 20.9. The molecule has 0 aliphatic heterocycles. The van der Waals surface area contributed by atoms with Gasteiger partial charge in [-0.2, -0.15) is 13.2 Å². The Bertz CT molecular complexity index is 919. The number of carbonyl (C=O) groups excluding carboxylic acids is 2. The summed E-state index contributed by atoms with van der Waals surface area (Å²) < 4.78 is 44.8. The quantitative estimate of drug-likeness (QED) is 0.237. The van der Waals surface area contributed by atoms with E-state index in [1.54, 1.807) is 6.07 Å². The van der Waals surface area contributed by atoms with Gasteiger partial charge in [-0.25, -0.2) is 4.79 Å². The smallest absolute Gasteiger partial charge is 0.416 e. The van der Waals surface area contributed by atoms with Crippen LogP contribution in [-0.4, -0.2) is 29.5 Å². The molecule has 28 heavy (non-hydrogen) atoms. The van der Waals surface area contributed by atoms with Crippen LogP contribution in [0, 0.1) is 10.1 Å². The summed E-state index contributed by atoms with van der Waals surface area (Å²) in [4.78, 5) is 34.1. The highest BCUT2D eigenvalue weighted by molar-refractivity contribution is 6.08. The zero-order valence-electron chi connectivity index (χ0n) is 14.5. The fourth-order valence-electron chi connectivity index (χ4n) is 2.29. The van der Waals surface area contributed by atoms with Crippen molar-refractivity contribution >= 4 is 17.4 Å². The van der Waals surface area contributed by atoms with Crippen molar-refractivity contribution in [3.63, 3.8) is 0 Å². The third-order valence-electron chi connectivity index (χ3n) is 3.83. The average molecular weight is 393 g/mol. The number of rotatable bonds is 6. The lowest BCUT2D eigenvalue weighted by molar-refractivity contribution is -0.384. The van der Waals surface area contributed by atoms with Crippen LogP contribution in [0.2, 0.25) is 0 Å². The minimum Gasteiger partial charge on any atom is -0.457 e. The number of non-ortho nitro benzene ring substituents is 1. The molecule has 0 N–H and O–H groups in total. The Kier molecular flexibility index (Phi) is 6.29. The van der Waals surface area contributed by atoms with Crippen LogP contribution < -0.4 is 0 Å². The van der Waals surface area contributed by atoms with Gasteiger partial charge in [0.25, 0.3) is 5.69 Å². The van der Waals surface area contributed by atoms with Gasteiger partial charge in [-0.1, -0.05) is 30.3 Å². The molecule has 0 bridgehead atoms. The van der Waals surface area contributed by atoms with Crippen molar-refractivity contribution < 1.29 is 32.4 Å². The first kappa shape index (κ1) is 20.8. The van der Waals surface area contributed by atoms with Crippen molar-refractivity contribution in [2.75, 3.05) is 6.61 Å². The molecule has 2 rings (SSSR count). The van der Waals surface area contributed by atoms with Gasteiger partial charge in [-0.3, -0.25) is 14.9 Å². The predicted molar refractivity (Wildman–Crippen MR) is 92.9 cm³/mol. The second-order valence-electron chi connectivity index (χ2n) is 5.68. The SMILES string of the molecule is C/C(C(=O)c1ccccc1)=C(\COC(=O)c1ccc([N+](=O)[O-])cc1)C(F)(F)F. The molecule has 9 heteroatoms. The molecule has 0 aliphatic rings. The summed E-state index contributed by atoms with van der Waals surface area (Å²) in [6, 6.07) is 11.6. The summed E-state index contributed by atoms with van der Waals surface area (Å²) in [6.07, 6.45) is -4.88. The topological polar surface area (TPSA) is 86.5 Å². The molecule has 0 aromatic heterocycles. The number of benzene rings is 2. The molecule has 0 saturated heterocycles. The Morgan fingerprint density at radius 3 is 2.07 bits per heavy atom. The number of nitrogens with zero attached hydrogens (tertiary/aromatic N) is 1. The Hall–Kier alpha value is -3.49. The van der Waals surface area contributed by atoms with Gasteiger partial charge in [0.2, 0.25) is 0 Å². The molecule has 6 nitrogen and oxygen atoms in total. The van der Waals surface area contributed by atoms with E-state index in [4.69, 9.17) is 0 Å². The molecule has 2 aromatic carbocycles. The van der Waals surface area contributed by atoms with Gasteiger partial charge in [-0.05, 0) is 19.1 Å². The van der Waals surface area contributed by atoms with Crippen LogP contribution in [0.5, 0.6) is 0 Å². The van der Waals surface area contributed by atoms with Gasteiger partial charge in [0, 0.05) is 23.3 Å². The van der Waals surface area contributed by atoms with Crippen LogP contribution in [0.3, 0.4) is 0 Å². The Balaban J connectivity index is 2.22. The molecule has 146 valence electrons.